The Morgan fingerprint density at radius 1 is 0.808 bits per heavy atom. The standard InChI is InChI=1S/C6H15N.C5H8O2.C3H7NO.CH5N.CH4O.3CH4/c1-4-7(5-2)6-3;1-4(6)3-5(2)7;1-3(5)4-2;2*1-2;;;/h4-6H2,1-3H3;3H2,1-2H3;1-2H3,(H,4,5);2H2,1H3;2H,1H3;3*1H4. The van der Waals surface area contributed by atoms with Crippen LogP contribution in [0.3, 0.4) is 0 Å². The summed E-state index contributed by atoms with van der Waals surface area (Å²) in [6.07, 6.45) is 0.0833. The first-order valence-electron chi connectivity index (χ1n) is 7.66. The number of carbonyl (C=O) groups excluding carboxylic acids is 3. The van der Waals surface area contributed by atoms with Crippen molar-refractivity contribution < 1.29 is 19.5 Å². The maximum atomic E-state index is 10.0. The van der Waals surface area contributed by atoms with E-state index < -0.39 is 0 Å². The van der Waals surface area contributed by atoms with Crippen LogP contribution >= 0.6 is 0 Å². The van der Waals surface area contributed by atoms with Crippen LogP contribution in [-0.4, -0.2) is 68.3 Å². The number of ketones is 2. The Labute approximate surface area is 164 Å². The number of hydrogen-bond acceptors (Lipinski definition) is 6. The monoisotopic (exact) mass is 385 g/mol. The highest BCUT2D eigenvalue weighted by molar-refractivity contribution is 5.96. The molecule has 7 nitrogen and oxygen atoms in total. The van der Waals surface area contributed by atoms with Crippen LogP contribution in [0.2, 0.25) is 0 Å². The minimum atomic E-state index is -0.0625. The molecular formula is C19H51N3O4. The summed E-state index contributed by atoms with van der Waals surface area (Å²) in [5.74, 6) is -0.120. The Morgan fingerprint density at radius 2 is 1.00 bits per heavy atom. The number of rotatable bonds is 5. The van der Waals surface area contributed by atoms with Gasteiger partial charge in [-0.1, -0.05) is 43.1 Å². The normalized spacial score (nSPS) is 6.77. The minimum Gasteiger partial charge on any atom is -0.400 e. The number of carbonyl (C=O) groups is 3. The van der Waals surface area contributed by atoms with Crippen LogP contribution in [0.4, 0.5) is 0 Å². The van der Waals surface area contributed by atoms with E-state index in [2.05, 4.69) is 36.7 Å². The van der Waals surface area contributed by atoms with Crippen molar-refractivity contribution in [2.24, 2.45) is 5.73 Å². The molecule has 0 fully saturated rings. The molecule has 0 aliphatic heterocycles. The van der Waals surface area contributed by atoms with Gasteiger partial charge in [0.1, 0.15) is 11.6 Å². The van der Waals surface area contributed by atoms with E-state index in [0.29, 0.717) is 0 Å². The maximum absolute atomic E-state index is 10.0. The van der Waals surface area contributed by atoms with Crippen molar-refractivity contribution in [3.05, 3.63) is 0 Å². The Hall–Kier alpha value is -1.31. The topological polar surface area (TPSA) is 113 Å². The third-order valence-corrected chi connectivity index (χ3v) is 2.19. The Morgan fingerprint density at radius 3 is 1.00 bits per heavy atom. The highest BCUT2D eigenvalue weighted by Crippen LogP contribution is 1.81. The van der Waals surface area contributed by atoms with E-state index in [9.17, 15) is 14.4 Å². The van der Waals surface area contributed by atoms with Crippen molar-refractivity contribution in [1.82, 2.24) is 10.2 Å². The Kier molecular flexibility index (Phi) is 94.8. The maximum Gasteiger partial charge on any atom is 0.216 e. The van der Waals surface area contributed by atoms with Gasteiger partial charge in [0, 0.05) is 21.1 Å². The third-order valence-electron chi connectivity index (χ3n) is 2.19. The molecule has 0 aliphatic carbocycles. The van der Waals surface area contributed by atoms with Gasteiger partial charge in [0.25, 0.3) is 0 Å². The van der Waals surface area contributed by atoms with Crippen LogP contribution in [0.15, 0.2) is 0 Å². The summed E-state index contributed by atoms with van der Waals surface area (Å²) in [5, 5.41) is 9.39. The van der Waals surface area contributed by atoms with Gasteiger partial charge in [-0.25, -0.2) is 0 Å². The summed E-state index contributed by atoms with van der Waals surface area (Å²) >= 11 is 0. The predicted molar refractivity (Wildman–Crippen MR) is 118 cm³/mol. The summed E-state index contributed by atoms with van der Waals surface area (Å²) in [6, 6.07) is 0. The van der Waals surface area contributed by atoms with Crippen LogP contribution in [0.1, 0.15) is 70.2 Å². The molecular weight excluding hydrogens is 334 g/mol. The van der Waals surface area contributed by atoms with Gasteiger partial charge in [0.05, 0.1) is 6.42 Å². The van der Waals surface area contributed by atoms with Crippen LogP contribution < -0.4 is 11.1 Å². The zero-order valence-electron chi connectivity index (χ0n) is 16.5. The van der Waals surface area contributed by atoms with Crippen molar-refractivity contribution in [2.45, 2.75) is 70.2 Å². The van der Waals surface area contributed by atoms with Gasteiger partial charge in [-0.2, -0.15) is 0 Å². The molecule has 0 heterocycles. The minimum absolute atomic E-state index is 0. The van der Waals surface area contributed by atoms with Gasteiger partial charge in [-0.05, 0) is 40.5 Å². The molecule has 0 saturated heterocycles. The number of amides is 1. The smallest absolute Gasteiger partial charge is 0.216 e. The molecule has 0 aromatic heterocycles. The fourth-order valence-corrected chi connectivity index (χ4v) is 1.02. The molecule has 0 atom stereocenters. The third kappa shape index (κ3) is 93.4. The summed E-state index contributed by atoms with van der Waals surface area (Å²) in [7, 11) is 4.10. The molecule has 166 valence electrons. The van der Waals surface area contributed by atoms with Crippen molar-refractivity contribution in [2.75, 3.05) is 40.8 Å². The van der Waals surface area contributed by atoms with Gasteiger partial charge in [0.2, 0.25) is 5.91 Å². The number of nitrogens with one attached hydrogen (secondary N) is 1. The molecule has 0 spiro atoms. The molecule has 0 rings (SSSR count). The largest absolute Gasteiger partial charge is 0.400 e. The molecule has 7 heteroatoms. The molecule has 4 N–H and O–H groups in total. The van der Waals surface area contributed by atoms with Crippen molar-refractivity contribution in [3.8, 4) is 0 Å². The van der Waals surface area contributed by atoms with E-state index in [4.69, 9.17) is 5.11 Å². The second-order valence-corrected chi connectivity index (χ2v) is 4.01. The predicted octanol–water partition coefficient (Wildman–Crippen LogP) is 2.75. The Bertz CT molecular complexity index is 240. The average molecular weight is 386 g/mol. The zero-order valence-corrected chi connectivity index (χ0v) is 16.5. The van der Waals surface area contributed by atoms with Crippen LogP contribution in [0.25, 0.3) is 0 Å². The lowest BCUT2D eigenvalue weighted by Crippen LogP contribution is -2.21. The van der Waals surface area contributed by atoms with Crippen molar-refractivity contribution in [3.63, 3.8) is 0 Å². The van der Waals surface area contributed by atoms with E-state index in [1.54, 1.807) is 7.05 Å². The van der Waals surface area contributed by atoms with E-state index in [0.717, 1.165) is 7.11 Å². The van der Waals surface area contributed by atoms with E-state index in [1.165, 1.54) is 47.5 Å². The number of hydrogen-bond donors (Lipinski definition) is 3. The summed E-state index contributed by atoms with van der Waals surface area (Å²) in [4.78, 5) is 32.1. The number of nitrogens with two attached hydrogens (primary N) is 1. The number of aliphatic hydroxyl groups is 1. The summed E-state index contributed by atoms with van der Waals surface area (Å²) < 4.78 is 0. The van der Waals surface area contributed by atoms with Crippen LogP contribution in [0.5, 0.6) is 0 Å². The fourth-order valence-electron chi connectivity index (χ4n) is 1.02. The van der Waals surface area contributed by atoms with Crippen LogP contribution in [-0.2, 0) is 14.4 Å². The van der Waals surface area contributed by atoms with E-state index >= 15 is 0 Å². The van der Waals surface area contributed by atoms with Gasteiger partial charge in [0.15, 0.2) is 0 Å². The quantitative estimate of drug-likeness (QED) is 0.627. The van der Waals surface area contributed by atoms with Gasteiger partial charge in [-0.3, -0.25) is 14.4 Å². The first kappa shape index (κ1) is 49.7. The lowest BCUT2D eigenvalue weighted by molar-refractivity contribution is -0.124. The molecule has 0 aromatic rings. The summed E-state index contributed by atoms with van der Waals surface area (Å²) in [6.45, 7) is 14.4. The second-order valence-electron chi connectivity index (χ2n) is 4.01. The lowest BCUT2D eigenvalue weighted by atomic mass is 10.2. The van der Waals surface area contributed by atoms with E-state index in [-0.39, 0.29) is 46.2 Å². The fraction of sp³-hybridized carbons (Fsp3) is 0.842. The number of nitrogens with zero attached hydrogens (tertiary/aromatic N) is 1. The molecule has 0 radical (unpaired) electrons. The van der Waals surface area contributed by atoms with Gasteiger partial charge >= 0.3 is 0 Å². The first-order valence-corrected chi connectivity index (χ1v) is 7.66. The highest BCUT2D eigenvalue weighted by atomic mass is 16.2. The first-order chi connectivity index (χ1) is 10.7. The van der Waals surface area contributed by atoms with Crippen molar-refractivity contribution in [1.29, 1.82) is 0 Å². The second kappa shape index (κ2) is 49.5. The SMILES string of the molecule is C.C.C.CC(=O)CC(C)=O.CCN(CC)CC.CN.CNC(C)=O.CO. The molecule has 0 aliphatic rings. The average Bonchev–Trinajstić information content (AvgIpc) is 2.53. The van der Waals surface area contributed by atoms with Crippen LogP contribution in [0, 0.1) is 0 Å². The zero-order chi connectivity index (χ0) is 19.8. The molecule has 0 saturated carbocycles. The molecule has 0 aromatic carbocycles. The number of Topliss-reactive ketones (excluding diaryl/α,β-unsaturated/α-hetero) is 2. The molecule has 26 heavy (non-hydrogen) atoms. The molecule has 0 bridgehead atoms. The number of aliphatic hydroxyl groups excluding tert-OH is 1. The summed E-state index contributed by atoms with van der Waals surface area (Å²) in [5.41, 5.74) is 4.50. The highest BCUT2D eigenvalue weighted by Gasteiger charge is 1.94. The lowest BCUT2D eigenvalue weighted by Gasteiger charge is -2.13. The molecule has 1 amide bonds. The van der Waals surface area contributed by atoms with E-state index in [1.807, 2.05) is 0 Å². The van der Waals surface area contributed by atoms with Gasteiger partial charge in [-0.15, -0.1) is 0 Å². The van der Waals surface area contributed by atoms with Crippen molar-refractivity contribution >= 4 is 17.5 Å². The van der Waals surface area contributed by atoms with Gasteiger partial charge < -0.3 is 21.1 Å². The molecule has 0 unspecified atom stereocenters. The Balaban J connectivity index is -0.0000000272.